The number of aromatic nitrogens is 1. The minimum absolute atomic E-state index is 0.348. The lowest BCUT2D eigenvalue weighted by molar-refractivity contribution is 0.146. The number of fused-ring (bicyclic) bond motifs is 1. The molecule has 66 valence electrons. The van der Waals surface area contributed by atoms with Gasteiger partial charge in [0.15, 0.2) is 5.06 Å². The molecule has 0 aromatic carbocycles. The summed E-state index contributed by atoms with van der Waals surface area (Å²) in [4.78, 5) is 14.3. The molecule has 0 atom stereocenters. The van der Waals surface area contributed by atoms with Crippen molar-refractivity contribution in [2.75, 3.05) is 0 Å². The third-order valence-corrected chi connectivity index (χ3v) is 2.42. The quantitative estimate of drug-likeness (QED) is 0.709. The van der Waals surface area contributed by atoms with Gasteiger partial charge >= 0.3 is 6.16 Å². The highest BCUT2D eigenvalue weighted by Crippen LogP contribution is 2.29. The second kappa shape index (κ2) is 3.02. The fraction of sp³-hybridized carbons (Fsp3) is 0. The van der Waals surface area contributed by atoms with Gasteiger partial charge in [-0.2, -0.15) is 0 Å². The zero-order chi connectivity index (χ0) is 9.26. The van der Waals surface area contributed by atoms with Crippen molar-refractivity contribution >= 4 is 27.7 Å². The molecule has 0 fully saturated rings. The van der Waals surface area contributed by atoms with Crippen LogP contribution in [0, 0.1) is 0 Å². The van der Waals surface area contributed by atoms with Crippen molar-refractivity contribution in [2.45, 2.75) is 0 Å². The lowest BCUT2D eigenvalue weighted by atomic mass is 10.4. The molecule has 0 aliphatic heterocycles. The lowest BCUT2D eigenvalue weighted by Gasteiger charge is -1.89. The Bertz CT molecular complexity index is 418. The highest BCUT2D eigenvalue weighted by molar-refractivity contribution is 7.20. The molecular formula is C8H5NO3S. The van der Waals surface area contributed by atoms with Crippen LogP contribution in [0.5, 0.6) is 5.06 Å². The number of nitrogens with zero attached hydrogens (tertiary/aromatic N) is 1. The third kappa shape index (κ3) is 1.59. The second-order valence-corrected chi connectivity index (χ2v) is 3.37. The van der Waals surface area contributed by atoms with Crippen molar-refractivity contribution in [3.63, 3.8) is 0 Å². The van der Waals surface area contributed by atoms with Gasteiger partial charge < -0.3 is 9.84 Å². The lowest BCUT2D eigenvalue weighted by Crippen LogP contribution is -2.00. The first-order valence-corrected chi connectivity index (χ1v) is 4.33. The van der Waals surface area contributed by atoms with Crippen LogP contribution in [0.3, 0.4) is 0 Å². The maximum Gasteiger partial charge on any atom is 0.512 e. The zero-order valence-electron chi connectivity index (χ0n) is 6.43. The highest BCUT2D eigenvalue weighted by atomic mass is 32.1. The molecule has 0 radical (unpaired) electrons. The van der Waals surface area contributed by atoms with E-state index in [4.69, 9.17) is 5.11 Å². The van der Waals surface area contributed by atoms with Gasteiger partial charge in [0, 0.05) is 12.3 Å². The Hall–Kier alpha value is -1.62. The van der Waals surface area contributed by atoms with Crippen molar-refractivity contribution in [3.05, 3.63) is 24.4 Å². The molecule has 0 spiro atoms. The molecule has 0 amide bonds. The van der Waals surface area contributed by atoms with Gasteiger partial charge in [0.1, 0.15) is 0 Å². The van der Waals surface area contributed by atoms with E-state index < -0.39 is 6.16 Å². The zero-order valence-corrected chi connectivity index (χ0v) is 7.25. The van der Waals surface area contributed by atoms with Gasteiger partial charge in [-0.15, -0.1) is 0 Å². The fourth-order valence-corrected chi connectivity index (χ4v) is 1.85. The standard InChI is InChI=1S/C8H5NO3S/c10-8(11)12-7-4-5-6(13-7)2-1-3-9-5/h1-4H,(H,10,11). The van der Waals surface area contributed by atoms with Crippen LogP contribution in [0.25, 0.3) is 10.2 Å². The smallest absolute Gasteiger partial charge is 0.449 e. The second-order valence-electron chi connectivity index (χ2n) is 2.32. The van der Waals surface area contributed by atoms with Crippen LogP contribution < -0.4 is 4.74 Å². The number of thiophene rings is 1. The number of carboxylic acid groups (broad SMARTS) is 1. The number of hydrogen-bond donors (Lipinski definition) is 1. The number of carbonyl (C=O) groups is 1. The molecule has 2 heterocycles. The monoisotopic (exact) mass is 195 g/mol. The van der Waals surface area contributed by atoms with Crippen molar-refractivity contribution < 1.29 is 14.6 Å². The maximum atomic E-state index is 10.2. The Morgan fingerprint density at radius 3 is 3.15 bits per heavy atom. The van der Waals surface area contributed by atoms with Gasteiger partial charge in [-0.3, -0.25) is 4.98 Å². The van der Waals surface area contributed by atoms with E-state index in [1.807, 2.05) is 6.07 Å². The van der Waals surface area contributed by atoms with Gasteiger partial charge in [0.25, 0.3) is 0 Å². The molecule has 4 nitrogen and oxygen atoms in total. The number of ether oxygens (including phenoxy) is 1. The maximum absolute atomic E-state index is 10.2. The van der Waals surface area contributed by atoms with Crippen LogP contribution in [-0.4, -0.2) is 16.2 Å². The molecule has 0 aliphatic carbocycles. The van der Waals surface area contributed by atoms with Crippen molar-refractivity contribution in [3.8, 4) is 5.06 Å². The Morgan fingerprint density at radius 1 is 1.62 bits per heavy atom. The van der Waals surface area contributed by atoms with Crippen LogP contribution >= 0.6 is 11.3 Å². The molecule has 13 heavy (non-hydrogen) atoms. The number of pyridine rings is 1. The van der Waals surface area contributed by atoms with Gasteiger partial charge in [0.2, 0.25) is 0 Å². The molecular weight excluding hydrogens is 190 g/mol. The predicted molar refractivity (Wildman–Crippen MR) is 48.3 cm³/mol. The van der Waals surface area contributed by atoms with Crippen LogP contribution in [0.4, 0.5) is 4.79 Å². The van der Waals surface area contributed by atoms with E-state index >= 15 is 0 Å². The van der Waals surface area contributed by atoms with Crippen LogP contribution in [0.2, 0.25) is 0 Å². The summed E-state index contributed by atoms with van der Waals surface area (Å²) in [5, 5.41) is 8.70. The Labute approximate surface area is 77.4 Å². The van der Waals surface area contributed by atoms with E-state index in [-0.39, 0.29) is 0 Å². The molecule has 0 saturated carbocycles. The van der Waals surface area contributed by atoms with E-state index in [9.17, 15) is 4.79 Å². The first-order valence-electron chi connectivity index (χ1n) is 3.51. The largest absolute Gasteiger partial charge is 0.512 e. The van der Waals surface area contributed by atoms with Gasteiger partial charge in [-0.1, -0.05) is 11.3 Å². The van der Waals surface area contributed by atoms with Crippen LogP contribution in [-0.2, 0) is 0 Å². The van der Waals surface area contributed by atoms with Crippen molar-refractivity contribution in [1.29, 1.82) is 0 Å². The molecule has 5 heteroatoms. The summed E-state index contributed by atoms with van der Waals surface area (Å²) < 4.78 is 5.41. The highest BCUT2D eigenvalue weighted by Gasteiger charge is 2.05. The molecule has 0 saturated heterocycles. The predicted octanol–water partition coefficient (Wildman–Crippen LogP) is 2.35. The molecule has 2 aromatic rings. The normalized spacial score (nSPS) is 10.2. The summed E-state index contributed by atoms with van der Waals surface area (Å²) in [5.74, 6) is 0. The first-order chi connectivity index (χ1) is 6.25. The van der Waals surface area contributed by atoms with E-state index in [1.165, 1.54) is 11.3 Å². The average molecular weight is 195 g/mol. The van der Waals surface area contributed by atoms with E-state index in [0.29, 0.717) is 5.06 Å². The van der Waals surface area contributed by atoms with Crippen molar-refractivity contribution in [1.82, 2.24) is 4.98 Å². The molecule has 0 unspecified atom stereocenters. The molecule has 2 aromatic heterocycles. The van der Waals surface area contributed by atoms with Gasteiger partial charge in [-0.05, 0) is 12.1 Å². The first kappa shape index (κ1) is 8.00. The summed E-state index contributed by atoms with van der Waals surface area (Å²) in [7, 11) is 0. The summed E-state index contributed by atoms with van der Waals surface area (Å²) in [6.45, 7) is 0. The molecule has 2 rings (SSSR count). The minimum atomic E-state index is -1.30. The average Bonchev–Trinajstić information content (AvgIpc) is 2.44. The molecule has 1 N–H and O–H groups in total. The minimum Gasteiger partial charge on any atom is -0.449 e. The van der Waals surface area contributed by atoms with E-state index in [2.05, 4.69) is 9.72 Å². The van der Waals surface area contributed by atoms with E-state index in [1.54, 1.807) is 18.3 Å². The molecule has 0 aliphatic rings. The summed E-state index contributed by atoms with van der Waals surface area (Å²) >= 11 is 1.26. The summed E-state index contributed by atoms with van der Waals surface area (Å²) in [6, 6.07) is 5.26. The van der Waals surface area contributed by atoms with Gasteiger partial charge in [-0.25, -0.2) is 4.79 Å². The Kier molecular flexibility index (Phi) is 1.86. The van der Waals surface area contributed by atoms with E-state index in [0.717, 1.165) is 10.2 Å². The topological polar surface area (TPSA) is 59.4 Å². The summed E-state index contributed by atoms with van der Waals surface area (Å²) in [6.07, 6.45) is 0.353. The SMILES string of the molecule is O=C(O)Oc1cc2ncccc2s1. The summed E-state index contributed by atoms with van der Waals surface area (Å²) in [5.41, 5.74) is 0.753. The number of hydrogen-bond acceptors (Lipinski definition) is 4. The third-order valence-electron chi connectivity index (χ3n) is 1.45. The number of rotatable bonds is 1. The van der Waals surface area contributed by atoms with Crippen LogP contribution in [0.1, 0.15) is 0 Å². The van der Waals surface area contributed by atoms with Crippen LogP contribution in [0.15, 0.2) is 24.4 Å². The van der Waals surface area contributed by atoms with Crippen molar-refractivity contribution in [2.24, 2.45) is 0 Å². The molecule has 0 bridgehead atoms. The fourth-order valence-electron chi connectivity index (χ4n) is 0.983. The Morgan fingerprint density at radius 2 is 2.46 bits per heavy atom. The Balaban J connectivity index is 2.44. The van der Waals surface area contributed by atoms with Gasteiger partial charge in [0.05, 0.1) is 10.2 Å².